The van der Waals surface area contributed by atoms with Gasteiger partial charge < -0.3 is 14.8 Å². The molecule has 0 aliphatic heterocycles. The van der Waals surface area contributed by atoms with E-state index >= 15 is 0 Å². The Morgan fingerprint density at radius 1 is 1.30 bits per heavy atom. The first-order valence-electron chi connectivity index (χ1n) is 8.02. The smallest absolute Gasteiger partial charge is 0.220 e. The third kappa shape index (κ3) is 5.21. The highest BCUT2D eigenvalue weighted by atomic mass is 16.4. The summed E-state index contributed by atoms with van der Waals surface area (Å²) in [7, 11) is 0. The van der Waals surface area contributed by atoms with Gasteiger partial charge in [0, 0.05) is 31.6 Å². The lowest BCUT2D eigenvalue weighted by Crippen LogP contribution is -2.25. The van der Waals surface area contributed by atoms with Gasteiger partial charge in [0.1, 0.15) is 0 Å². The van der Waals surface area contributed by atoms with E-state index in [-0.39, 0.29) is 12.5 Å². The van der Waals surface area contributed by atoms with Crippen molar-refractivity contribution < 1.29 is 14.3 Å². The fourth-order valence-corrected chi connectivity index (χ4v) is 2.21. The molecule has 0 spiro atoms. The topological polar surface area (TPSA) is 75.4 Å². The molecule has 1 aromatic carbocycles. The van der Waals surface area contributed by atoms with Gasteiger partial charge in [0.15, 0.2) is 11.7 Å². The molecule has 0 aliphatic rings. The number of nitrogens with one attached hydrogen (secondary N) is 1. The Morgan fingerprint density at radius 3 is 2.70 bits per heavy atom. The third-order valence-electron chi connectivity index (χ3n) is 3.64. The standard InChI is InChI=1S/C18H24N2O3/c1-13(2)14-4-6-15(7-5-14)16-12-20-18(23-16)9-8-17(22)19-10-3-11-21/h4-7,12-13,21H,3,8-11H2,1-2H3,(H,19,22). The zero-order valence-corrected chi connectivity index (χ0v) is 13.7. The summed E-state index contributed by atoms with van der Waals surface area (Å²) in [5.41, 5.74) is 2.27. The third-order valence-corrected chi connectivity index (χ3v) is 3.64. The van der Waals surface area contributed by atoms with Gasteiger partial charge >= 0.3 is 0 Å². The number of aryl methyl sites for hydroxylation is 1. The molecule has 23 heavy (non-hydrogen) atoms. The van der Waals surface area contributed by atoms with E-state index in [0.29, 0.717) is 37.6 Å². The molecule has 2 aromatic rings. The molecule has 0 fully saturated rings. The predicted octanol–water partition coefficient (Wildman–Crippen LogP) is 2.90. The number of amides is 1. The van der Waals surface area contributed by atoms with E-state index < -0.39 is 0 Å². The summed E-state index contributed by atoms with van der Waals surface area (Å²) in [6.45, 7) is 4.90. The number of hydrogen-bond acceptors (Lipinski definition) is 4. The number of rotatable bonds is 8. The van der Waals surface area contributed by atoms with Crippen LogP contribution in [0.3, 0.4) is 0 Å². The van der Waals surface area contributed by atoms with E-state index in [1.54, 1.807) is 6.20 Å². The van der Waals surface area contributed by atoms with Gasteiger partial charge in [-0.05, 0) is 17.9 Å². The zero-order valence-electron chi connectivity index (χ0n) is 13.7. The molecule has 124 valence electrons. The van der Waals surface area contributed by atoms with Crippen molar-refractivity contribution in [3.63, 3.8) is 0 Å². The van der Waals surface area contributed by atoms with Crippen LogP contribution in [0.4, 0.5) is 0 Å². The van der Waals surface area contributed by atoms with E-state index in [1.807, 2.05) is 12.1 Å². The molecular weight excluding hydrogens is 292 g/mol. The van der Waals surface area contributed by atoms with Gasteiger partial charge in [-0.1, -0.05) is 38.1 Å². The molecule has 0 bridgehead atoms. The van der Waals surface area contributed by atoms with Crippen LogP contribution in [-0.2, 0) is 11.2 Å². The molecule has 0 aliphatic carbocycles. The molecule has 5 nitrogen and oxygen atoms in total. The first-order valence-corrected chi connectivity index (χ1v) is 8.02. The Hall–Kier alpha value is -2.14. The van der Waals surface area contributed by atoms with E-state index in [1.165, 1.54) is 5.56 Å². The molecule has 1 amide bonds. The monoisotopic (exact) mass is 316 g/mol. The lowest BCUT2D eigenvalue weighted by Gasteiger charge is -2.05. The maximum Gasteiger partial charge on any atom is 0.220 e. The van der Waals surface area contributed by atoms with Crippen LogP contribution in [0.15, 0.2) is 34.9 Å². The average Bonchev–Trinajstić information content (AvgIpc) is 3.02. The average molecular weight is 316 g/mol. The van der Waals surface area contributed by atoms with Crippen LogP contribution in [0, 0.1) is 0 Å². The molecular formula is C18H24N2O3. The molecule has 0 saturated heterocycles. The molecule has 2 N–H and O–H groups in total. The Labute approximate surface area is 136 Å². The van der Waals surface area contributed by atoms with Crippen molar-refractivity contribution in [3.8, 4) is 11.3 Å². The van der Waals surface area contributed by atoms with Crippen molar-refractivity contribution >= 4 is 5.91 Å². The van der Waals surface area contributed by atoms with Crippen molar-refractivity contribution in [1.82, 2.24) is 10.3 Å². The minimum atomic E-state index is -0.0560. The largest absolute Gasteiger partial charge is 0.441 e. The van der Waals surface area contributed by atoms with Crippen molar-refractivity contribution in [3.05, 3.63) is 41.9 Å². The SMILES string of the molecule is CC(C)c1ccc(-c2cnc(CCC(=O)NCCCO)o2)cc1. The predicted molar refractivity (Wildman–Crippen MR) is 89.1 cm³/mol. The Morgan fingerprint density at radius 2 is 2.04 bits per heavy atom. The molecule has 2 rings (SSSR count). The van der Waals surface area contributed by atoms with Crippen molar-refractivity contribution in [1.29, 1.82) is 0 Å². The number of oxazole rings is 1. The van der Waals surface area contributed by atoms with Crippen LogP contribution in [0.25, 0.3) is 11.3 Å². The van der Waals surface area contributed by atoms with Crippen LogP contribution >= 0.6 is 0 Å². The van der Waals surface area contributed by atoms with Crippen LogP contribution in [0.1, 0.15) is 44.1 Å². The van der Waals surface area contributed by atoms with Gasteiger partial charge in [-0.2, -0.15) is 0 Å². The van der Waals surface area contributed by atoms with Gasteiger partial charge in [-0.3, -0.25) is 4.79 Å². The van der Waals surface area contributed by atoms with Crippen LogP contribution < -0.4 is 5.32 Å². The second-order valence-electron chi connectivity index (χ2n) is 5.82. The number of aromatic nitrogens is 1. The van der Waals surface area contributed by atoms with Gasteiger partial charge in [0.25, 0.3) is 0 Å². The summed E-state index contributed by atoms with van der Waals surface area (Å²) in [5, 5.41) is 11.4. The summed E-state index contributed by atoms with van der Waals surface area (Å²) in [6.07, 6.45) is 3.07. The van der Waals surface area contributed by atoms with Gasteiger partial charge in [0.2, 0.25) is 5.91 Å². The summed E-state index contributed by atoms with van der Waals surface area (Å²) >= 11 is 0. The molecule has 1 aromatic heterocycles. The van der Waals surface area contributed by atoms with E-state index in [2.05, 4.69) is 36.3 Å². The molecule has 0 saturated carbocycles. The number of carbonyl (C=O) groups is 1. The van der Waals surface area contributed by atoms with Crippen molar-refractivity contribution in [2.75, 3.05) is 13.2 Å². The first-order chi connectivity index (χ1) is 11.1. The van der Waals surface area contributed by atoms with E-state index in [9.17, 15) is 4.79 Å². The highest BCUT2D eigenvalue weighted by Crippen LogP contribution is 2.23. The molecule has 0 atom stereocenters. The van der Waals surface area contributed by atoms with Gasteiger partial charge in [0.05, 0.1) is 6.20 Å². The maximum absolute atomic E-state index is 11.6. The van der Waals surface area contributed by atoms with Crippen LogP contribution in [0.2, 0.25) is 0 Å². The molecule has 5 heteroatoms. The highest BCUT2D eigenvalue weighted by molar-refractivity contribution is 5.76. The first kappa shape index (κ1) is 17.2. The Bertz CT molecular complexity index is 617. The maximum atomic E-state index is 11.6. The second-order valence-corrected chi connectivity index (χ2v) is 5.82. The number of carbonyl (C=O) groups excluding carboxylic acids is 1. The lowest BCUT2D eigenvalue weighted by atomic mass is 10.0. The van der Waals surface area contributed by atoms with E-state index in [0.717, 1.165) is 11.3 Å². The van der Waals surface area contributed by atoms with Crippen molar-refractivity contribution in [2.45, 2.75) is 39.0 Å². The highest BCUT2D eigenvalue weighted by Gasteiger charge is 2.09. The fraction of sp³-hybridized carbons (Fsp3) is 0.444. The molecule has 0 radical (unpaired) electrons. The summed E-state index contributed by atoms with van der Waals surface area (Å²) in [4.78, 5) is 15.8. The molecule has 1 heterocycles. The van der Waals surface area contributed by atoms with Crippen molar-refractivity contribution in [2.24, 2.45) is 0 Å². The van der Waals surface area contributed by atoms with E-state index in [4.69, 9.17) is 9.52 Å². The number of aliphatic hydroxyl groups excluding tert-OH is 1. The van der Waals surface area contributed by atoms with Crippen LogP contribution in [-0.4, -0.2) is 29.1 Å². The number of aliphatic hydroxyl groups is 1. The molecule has 0 unspecified atom stereocenters. The fourth-order valence-electron chi connectivity index (χ4n) is 2.21. The second kappa shape index (κ2) is 8.48. The normalized spacial score (nSPS) is 11.0. The summed E-state index contributed by atoms with van der Waals surface area (Å²) in [6, 6.07) is 8.25. The Balaban J connectivity index is 1.89. The quantitative estimate of drug-likeness (QED) is 0.734. The Kier molecular flexibility index (Phi) is 6.35. The number of nitrogens with zero attached hydrogens (tertiary/aromatic N) is 1. The zero-order chi connectivity index (χ0) is 16.7. The van der Waals surface area contributed by atoms with Gasteiger partial charge in [-0.15, -0.1) is 0 Å². The minimum Gasteiger partial charge on any atom is -0.441 e. The van der Waals surface area contributed by atoms with Gasteiger partial charge in [-0.25, -0.2) is 4.98 Å². The number of benzene rings is 1. The van der Waals surface area contributed by atoms with Crippen LogP contribution in [0.5, 0.6) is 0 Å². The number of hydrogen-bond donors (Lipinski definition) is 2. The minimum absolute atomic E-state index is 0.0560. The summed E-state index contributed by atoms with van der Waals surface area (Å²) in [5.74, 6) is 1.72. The lowest BCUT2D eigenvalue weighted by molar-refractivity contribution is -0.121. The summed E-state index contributed by atoms with van der Waals surface area (Å²) < 4.78 is 5.71.